The largest absolute Gasteiger partial charge is 0.463 e. The summed E-state index contributed by atoms with van der Waals surface area (Å²) in [5, 5.41) is 4.47. The molecule has 0 saturated carbocycles. The summed E-state index contributed by atoms with van der Waals surface area (Å²) in [6.07, 6.45) is -0.0948. The number of benzene rings is 1. The fourth-order valence-corrected chi connectivity index (χ4v) is 2.79. The van der Waals surface area contributed by atoms with Gasteiger partial charge in [-0.2, -0.15) is 0 Å². The molecular weight excluding hydrogens is 326 g/mol. The zero-order valence-corrected chi connectivity index (χ0v) is 14.4. The standard InChI is InChI=1S/C18H19NO4S/c1-12(2)23-16(20)9-10-19-18(22)14-7-4-3-6-13(14)17(21)15-8-5-11-24-15/h3-8,11-12H,9-10H2,1-2H3,(H,19,22). The van der Waals surface area contributed by atoms with Crippen molar-refractivity contribution in [1.29, 1.82) is 0 Å². The number of hydrogen-bond donors (Lipinski definition) is 1. The third-order valence-electron chi connectivity index (χ3n) is 3.14. The average Bonchev–Trinajstić information content (AvgIpc) is 3.07. The van der Waals surface area contributed by atoms with E-state index >= 15 is 0 Å². The van der Waals surface area contributed by atoms with Crippen molar-refractivity contribution in [2.24, 2.45) is 0 Å². The smallest absolute Gasteiger partial charge is 0.307 e. The second-order valence-electron chi connectivity index (χ2n) is 5.40. The number of hydrogen-bond acceptors (Lipinski definition) is 5. The van der Waals surface area contributed by atoms with Gasteiger partial charge in [-0.1, -0.05) is 24.3 Å². The van der Waals surface area contributed by atoms with Gasteiger partial charge in [0.1, 0.15) is 0 Å². The van der Waals surface area contributed by atoms with Gasteiger partial charge in [-0.05, 0) is 31.4 Å². The van der Waals surface area contributed by atoms with Gasteiger partial charge in [0.2, 0.25) is 5.78 Å². The Morgan fingerprint density at radius 1 is 1.08 bits per heavy atom. The van der Waals surface area contributed by atoms with Gasteiger partial charge in [0.25, 0.3) is 5.91 Å². The molecule has 1 N–H and O–H groups in total. The van der Waals surface area contributed by atoms with Crippen molar-refractivity contribution in [1.82, 2.24) is 5.32 Å². The molecule has 5 nitrogen and oxygen atoms in total. The Bertz CT molecular complexity index is 722. The predicted octanol–water partition coefficient (Wildman–Crippen LogP) is 3.05. The van der Waals surface area contributed by atoms with Crippen LogP contribution in [0.3, 0.4) is 0 Å². The third kappa shape index (κ3) is 4.76. The fourth-order valence-electron chi connectivity index (χ4n) is 2.11. The number of rotatable bonds is 7. The first-order valence-corrected chi connectivity index (χ1v) is 8.52. The van der Waals surface area contributed by atoms with Gasteiger partial charge < -0.3 is 10.1 Å². The Morgan fingerprint density at radius 2 is 1.79 bits per heavy atom. The van der Waals surface area contributed by atoms with E-state index in [0.717, 1.165) is 0 Å². The van der Waals surface area contributed by atoms with E-state index in [2.05, 4.69) is 5.32 Å². The number of ether oxygens (including phenoxy) is 1. The van der Waals surface area contributed by atoms with E-state index in [-0.39, 0.29) is 36.7 Å². The minimum Gasteiger partial charge on any atom is -0.463 e. The Hall–Kier alpha value is -2.47. The fraction of sp³-hybridized carbons (Fsp3) is 0.278. The molecule has 0 bridgehead atoms. The lowest BCUT2D eigenvalue weighted by molar-refractivity contribution is -0.147. The Labute approximate surface area is 144 Å². The van der Waals surface area contributed by atoms with E-state index < -0.39 is 0 Å². The van der Waals surface area contributed by atoms with Crippen molar-refractivity contribution in [2.75, 3.05) is 6.54 Å². The molecule has 126 valence electrons. The molecule has 24 heavy (non-hydrogen) atoms. The van der Waals surface area contributed by atoms with Crippen LogP contribution in [-0.4, -0.2) is 30.3 Å². The van der Waals surface area contributed by atoms with Crippen molar-refractivity contribution in [3.63, 3.8) is 0 Å². The maximum Gasteiger partial charge on any atom is 0.307 e. The highest BCUT2D eigenvalue weighted by Gasteiger charge is 2.18. The third-order valence-corrected chi connectivity index (χ3v) is 4.01. The summed E-state index contributed by atoms with van der Waals surface area (Å²) in [5.41, 5.74) is 0.648. The molecule has 0 unspecified atom stereocenters. The second kappa shape index (κ2) is 8.40. The van der Waals surface area contributed by atoms with Gasteiger partial charge in [0.15, 0.2) is 0 Å². The molecule has 0 aliphatic heterocycles. The Balaban J connectivity index is 2.02. The number of carbonyl (C=O) groups is 3. The van der Waals surface area contributed by atoms with E-state index in [1.807, 2.05) is 5.38 Å². The molecule has 2 aromatic rings. The summed E-state index contributed by atoms with van der Waals surface area (Å²) in [6, 6.07) is 10.2. The number of carbonyl (C=O) groups excluding carboxylic acids is 3. The van der Waals surface area contributed by atoms with Crippen LogP contribution < -0.4 is 5.32 Å². The molecule has 1 aromatic heterocycles. The zero-order valence-electron chi connectivity index (χ0n) is 13.6. The lowest BCUT2D eigenvalue weighted by Crippen LogP contribution is -2.28. The highest BCUT2D eigenvalue weighted by molar-refractivity contribution is 7.12. The number of nitrogens with one attached hydrogen (secondary N) is 1. The monoisotopic (exact) mass is 345 g/mol. The van der Waals surface area contributed by atoms with Gasteiger partial charge in [0, 0.05) is 12.1 Å². The van der Waals surface area contributed by atoms with Crippen molar-refractivity contribution < 1.29 is 19.1 Å². The first-order chi connectivity index (χ1) is 11.5. The van der Waals surface area contributed by atoms with E-state index in [9.17, 15) is 14.4 Å². The van der Waals surface area contributed by atoms with Gasteiger partial charge in [-0.25, -0.2) is 0 Å². The molecule has 0 fully saturated rings. The van der Waals surface area contributed by atoms with Crippen molar-refractivity contribution in [3.05, 3.63) is 57.8 Å². The maximum absolute atomic E-state index is 12.5. The zero-order chi connectivity index (χ0) is 17.5. The van der Waals surface area contributed by atoms with Crippen LogP contribution >= 0.6 is 11.3 Å². The van der Waals surface area contributed by atoms with Gasteiger partial charge >= 0.3 is 5.97 Å². The quantitative estimate of drug-likeness (QED) is 0.618. The number of esters is 1. The molecule has 0 saturated heterocycles. The highest BCUT2D eigenvalue weighted by atomic mass is 32.1. The predicted molar refractivity (Wildman–Crippen MR) is 92.4 cm³/mol. The summed E-state index contributed by atoms with van der Waals surface area (Å²) in [6.45, 7) is 3.69. The van der Waals surface area contributed by atoms with E-state index in [4.69, 9.17) is 4.74 Å². The summed E-state index contributed by atoms with van der Waals surface area (Å²) in [4.78, 5) is 36.9. The van der Waals surface area contributed by atoms with Gasteiger partial charge in [-0.15, -0.1) is 11.3 Å². The highest BCUT2D eigenvalue weighted by Crippen LogP contribution is 2.18. The maximum atomic E-state index is 12.5. The van der Waals surface area contributed by atoms with E-state index in [1.54, 1.807) is 50.2 Å². The Kier molecular flexibility index (Phi) is 6.26. The molecule has 0 radical (unpaired) electrons. The molecule has 1 amide bonds. The van der Waals surface area contributed by atoms with Crippen molar-refractivity contribution >= 4 is 29.0 Å². The minimum absolute atomic E-state index is 0.0883. The SMILES string of the molecule is CC(C)OC(=O)CCNC(=O)c1ccccc1C(=O)c1cccs1. The molecule has 2 rings (SSSR count). The van der Waals surface area contributed by atoms with Crippen LogP contribution in [0.4, 0.5) is 0 Å². The van der Waals surface area contributed by atoms with Gasteiger partial charge in [0.05, 0.1) is 23.0 Å². The number of thiophene rings is 1. The lowest BCUT2D eigenvalue weighted by Gasteiger charge is -2.10. The second-order valence-corrected chi connectivity index (χ2v) is 6.34. The van der Waals surface area contributed by atoms with Gasteiger partial charge in [-0.3, -0.25) is 14.4 Å². The Morgan fingerprint density at radius 3 is 2.42 bits per heavy atom. The first-order valence-electron chi connectivity index (χ1n) is 7.64. The van der Waals surface area contributed by atoms with E-state index in [0.29, 0.717) is 16.0 Å². The van der Waals surface area contributed by atoms with Crippen molar-refractivity contribution in [2.45, 2.75) is 26.4 Å². The molecule has 0 aliphatic rings. The number of amides is 1. The van der Waals surface area contributed by atoms with Crippen LogP contribution in [0.1, 0.15) is 45.9 Å². The average molecular weight is 345 g/mol. The summed E-state index contributed by atoms with van der Waals surface area (Å²) in [7, 11) is 0. The first kappa shape index (κ1) is 17.9. The molecule has 0 atom stereocenters. The number of ketones is 1. The summed E-state index contributed by atoms with van der Waals surface area (Å²) >= 11 is 1.33. The lowest BCUT2D eigenvalue weighted by atomic mass is 10.0. The van der Waals surface area contributed by atoms with Crippen LogP contribution in [0.5, 0.6) is 0 Å². The molecule has 0 spiro atoms. The molecule has 0 aliphatic carbocycles. The van der Waals surface area contributed by atoms with Crippen LogP contribution in [0.2, 0.25) is 0 Å². The minimum atomic E-state index is -0.382. The topological polar surface area (TPSA) is 72.5 Å². The van der Waals surface area contributed by atoms with Crippen molar-refractivity contribution in [3.8, 4) is 0 Å². The van der Waals surface area contributed by atoms with E-state index in [1.165, 1.54) is 11.3 Å². The normalized spacial score (nSPS) is 10.5. The molecule has 6 heteroatoms. The molecular formula is C18H19NO4S. The molecule has 1 aromatic carbocycles. The van der Waals surface area contributed by atoms with Crippen LogP contribution in [0, 0.1) is 0 Å². The summed E-state index contributed by atoms with van der Waals surface area (Å²) in [5.74, 6) is -0.934. The van der Waals surface area contributed by atoms with Crippen LogP contribution in [-0.2, 0) is 9.53 Å². The van der Waals surface area contributed by atoms with Crippen LogP contribution in [0.15, 0.2) is 41.8 Å². The molecule has 1 heterocycles. The summed E-state index contributed by atoms with van der Waals surface area (Å²) < 4.78 is 5.01. The van der Waals surface area contributed by atoms with Crippen LogP contribution in [0.25, 0.3) is 0 Å².